The summed E-state index contributed by atoms with van der Waals surface area (Å²) >= 11 is 0. The van der Waals surface area contributed by atoms with Crippen LogP contribution in [-0.2, 0) is 14.3 Å². The Labute approximate surface area is 200 Å². The monoisotopic (exact) mass is 466 g/mol. The summed E-state index contributed by atoms with van der Waals surface area (Å²) in [7, 11) is 0. The number of carboxylic acid groups (broad SMARTS) is 1. The number of amides is 2. The highest BCUT2D eigenvalue weighted by atomic mass is 16.5. The molecule has 0 aliphatic heterocycles. The van der Waals surface area contributed by atoms with Crippen LogP contribution in [0.25, 0.3) is 11.1 Å². The average Bonchev–Trinajstić information content (AvgIpc) is 3.13. The zero-order chi connectivity index (χ0) is 24.8. The topological polar surface area (TPSA) is 105 Å². The molecule has 2 aromatic carbocycles. The van der Waals surface area contributed by atoms with Gasteiger partial charge in [-0.1, -0.05) is 82.6 Å². The first-order chi connectivity index (χ1) is 16.2. The van der Waals surface area contributed by atoms with Gasteiger partial charge in [0.1, 0.15) is 12.6 Å². The molecule has 0 spiro atoms. The number of rotatable bonds is 10. The van der Waals surface area contributed by atoms with Crippen molar-refractivity contribution in [2.24, 2.45) is 11.8 Å². The van der Waals surface area contributed by atoms with Gasteiger partial charge in [0, 0.05) is 18.4 Å². The van der Waals surface area contributed by atoms with E-state index >= 15 is 0 Å². The number of carbonyl (C=O) groups excluding carboxylic acids is 2. The molecule has 2 aromatic rings. The third kappa shape index (κ3) is 5.76. The van der Waals surface area contributed by atoms with Crippen molar-refractivity contribution >= 4 is 18.0 Å². The van der Waals surface area contributed by atoms with Crippen molar-refractivity contribution in [1.82, 2.24) is 10.6 Å². The predicted molar refractivity (Wildman–Crippen MR) is 130 cm³/mol. The van der Waals surface area contributed by atoms with Gasteiger partial charge >= 0.3 is 12.1 Å². The summed E-state index contributed by atoms with van der Waals surface area (Å²) in [4.78, 5) is 36.7. The van der Waals surface area contributed by atoms with Gasteiger partial charge in [0.2, 0.25) is 5.91 Å². The maximum atomic E-state index is 12.6. The Morgan fingerprint density at radius 1 is 0.941 bits per heavy atom. The van der Waals surface area contributed by atoms with E-state index in [1.807, 2.05) is 45.0 Å². The van der Waals surface area contributed by atoms with E-state index in [1.54, 1.807) is 6.92 Å². The van der Waals surface area contributed by atoms with Crippen molar-refractivity contribution in [1.29, 1.82) is 0 Å². The highest BCUT2D eigenvalue weighted by Gasteiger charge is 2.30. The van der Waals surface area contributed by atoms with E-state index in [0.29, 0.717) is 6.42 Å². The fourth-order valence-electron chi connectivity index (χ4n) is 4.36. The molecule has 0 heterocycles. The standard InChI is InChI=1S/C27H34N2O5/c1-5-17(4)25(26(31)32)29-24(30)14-23(16(2)3)28-27(33)34-15-22-20-12-8-6-10-18(20)19-11-7-9-13-21(19)22/h6-13,16-17,22-23,25H,5,14-15H2,1-4H3,(H,28,33)(H,29,30)(H,31,32)/t17-,23+,25-/m0/s1. The number of carbonyl (C=O) groups is 3. The number of benzene rings is 2. The first kappa shape index (κ1) is 25.3. The van der Waals surface area contributed by atoms with E-state index in [4.69, 9.17) is 4.74 Å². The largest absolute Gasteiger partial charge is 0.480 e. The van der Waals surface area contributed by atoms with Gasteiger partial charge in [0.15, 0.2) is 0 Å². The Balaban J connectivity index is 1.60. The van der Waals surface area contributed by atoms with Crippen LogP contribution in [0.2, 0.25) is 0 Å². The summed E-state index contributed by atoms with van der Waals surface area (Å²) in [6.07, 6.45) is 0.00959. The van der Waals surface area contributed by atoms with E-state index in [-0.39, 0.29) is 30.8 Å². The molecule has 0 aromatic heterocycles. The lowest BCUT2D eigenvalue weighted by molar-refractivity contribution is -0.143. The van der Waals surface area contributed by atoms with Crippen LogP contribution in [-0.4, -0.2) is 41.8 Å². The summed E-state index contributed by atoms with van der Waals surface area (Å²) < 4.78 is 5.60. The lowest BCUT2D eigenvalue weighted by Gasteiger charge is -2.25. The number of aliphatic carboxylic acids is 1. The van der Waals surface area contributed by atoms with Crippen LogP contribution in [0.5, 0.6) is 0 Å². The van der Waals surface area contributed by atoms with E-state index in [1.165, 1.54) is 0 Å². The molecule has 34 heavy (non-hydrogen) atoms. The number of nitrogens with one attached hydrogen (secondary N) is 2. The molecular formula is C27H34N2O5. The van der Waals surface area contributed by atoms with Crippen LogP contribution in [0.1, 0.15) is 57.6 Å². The van der Waals surface area contributed by atoms with Gasteiger partial charge < -0.3 is 20.5 Å². The van der Waals surface area contributed by atoms with Gasteiger partial charge in [-0.25, -0.2) is 9.59 Å². The SMILES string of the molecule is CC[C@H](C)[C@H](NC(=O)C[C@@H](NC(=O)OCC1c2ccccc2-c2ccccc21)C(C)C)C(=O)O. The van der Waals surface area contributed by atoms with Gasteiger partial charge in [-0.15, -0.1) is 0 Å². The van der Waals surface area contributed by atoms with E-state index < -0.39 is 30.1 Å². The highest BCUT2D eigenvalue weighted by Crippen LogP contribution is 2.44. The molecule has 0 bridgehead atoms. The molecule has 0 radical (unpaired) electrons. The zero-order valence-corrected chi connectivity index (χ0v) is 20.2. The summed E-state index contributed by atoms with van der Waals surface area (Å²) in [6.45, 7) is 7.64. The Morgan fingerprint density at radius 3 is 2.00 bits per heavy atom. The van der Waals surface area contributed by atoms with Crippen LogP contribution in [0.15, 0.2) is 48.5 Å². The second-order valence-electron chi connectivity index (χ2n) is 9.29. The second kappa shape index (κ2) is 11.2. The summed E-state index contributed by atoms with van der Waals surface area (Å²) in [5.41, 5.74) is 4.55. The van der Waals surface area contributed by atoms with Crippen molar-refractivity contribution in [3.8, 4) is 11.1 Å². The Bertz CT molecular complexity index is 990. The highest BCUT2D eigenvalue weighted by molar-refractivity contribution is 5.84. The second-order valence-corrected chi connectivity index (χ2v) is 9.29. The summed E-state index contributed by atoms with van der Waals surface area (Å²) in [5, 5.41) is 14.8. The number of carboxylic acids is 1. The molecule has 2 amide bonds. The van der Waals surface area contributed by atoms with Gasteiger partial charge in [0.05, 0.1) is 0 Å². The van der Waals surface area contributed by atoms with Crippen LogP contribution < -0.4 is 10.6 Å². The number of ether oxygens (including phenoxy) is 1. The van der Waals surface area contributed by atoms with Crippen molar-refractivity contribution < 1.29 is 24.2 Å². The zero-order valence-electron chi connectivity index (χ0n) is 20.2. The third-order valence-electron chi connectivity index (χ3n) is 6.65. The molecule has 182 valence electrons. The molecule has 7 nitrogen and oxygen atoms in total. The quantitative estimate of drug-likeness (QED) is 0.476. The van der Waals surface area contributed by atoms with Crippen LogP contribution in [0.3, 0.4) is 0 Å². The number of alkyl carbamates (subject to hydrolysis) is 1. The minimum Gasteiger partial charge on any atom is -0.480 e. The van der Waals surface area contributed by atoms with Gasteiger partial charge in [-0.2, -0.15) is 0 Å². The molecule has 3 atom stereocenters. The fourth-order valence-corrected chi connectivity index (χ4v) is 4.36. The maximum absolute atomic E-state index is 12.6. The molecule has 0 saturated carbocycles. The minimum atomic E-state index is -1.06. The first-order valence-electron chi connectivity index (χ1n) is 11.9. The van der Waals surface area contributed by atoms with Gasteiger partial charge in [-0.3, -0.25) is 4.79 Å². The molecule has 1 aliphatic carbocycles. The molecular weight excluding hydrogens is 432 g/mol. The maximum Gasteiger partial charge on any atom is 0.407 e. The van der Waals surface area contributed by atoms with Gasteiger partial charge in [-0.05, 0) is 34.1 Å². The normalized spacial score (nSPS) is 15.1. The molecule has 0 saturated heterocycles. The molecule has 0 unspecified atom stereocenters. The molecule has 1 aliphatic rings. The first-order valence-corrected chi connectivity index (χ1v) is 11.9. The van der Waals surface area contributed by atoms with E-state index in [2.05, 4.69) is 34.9 Å². The van der Waals surface area contributed by atoms with Crippen LogP contribution in [0.4, 0.5) is 4.79 Å². The van der Waals surface area contributed by atoms with Gasteiger partial charge in [0.25, 0.3) is 0 Å². The van der Waals surface area contributed by atoms with E-state index in [0.717, 1.165) is 22.3 Å². The molecule has 3 N–H and O–H groups in total. The molecule has 0 fully saturated rings. The number of fused-ring (bicyclic) bond motifs is 3. The summed E-state index contributed by atoms with van der Waals surface area (Å²) in [5.74, 6) is -1.77. The number of hydrogen-bond acceptors (Lipinski definition) is 4. The van der Waals surface area contributed by atoms with Crippen molar-refractivity contribution in [3.05, 3.63) is 59.7 Å². The van der Waals surface area contributed by atoms with Crippen LogP contribution in [0, 0.1) is 11.8 Å². The lowest BCUT2D eigenvalue weighted by Crippen LogP contribution is -2.48. The predicted octanol–water partition coefficient (Wildman–Crippen LogP) is 4.56. The minimum absolute atomic E-state index is 0.0257. The van der Waals surface area contributed by atoms with Crippen molar-refractivity contribution in [3.63, 3.8) is 0 Å². The summed E-state index contributed by atoms with van der Waals surface area (Å²) in [6, 6.07) is 14.8. The van der Waals surface area contributed by atoms with Crippen molar-refractivity contribution in [2.75, 3.05) is 6.61 Å². The Hall–Kier alpha value is -3.35. The lowest BCUT2D eigenvalue weighted by atomic mass is 9.97. The molecule has 3 rings (SSSR count). The average molecular weight is 467 g/mol. The fraction of sp³-hybridized carbons (Fsp3) is 0.444. The van der Waals surface area contributed by atoms with E-state index in [9.17, 15) is 19.5 Å². The Morgan fingerprint density at radius 2 is 1.50 bits per heavy atom. The smallest absolute Gasteiger partial charge is 0.407 e. The molecule has 7 heteroatoms. The number of hydrogen-bond donors (Lipinski definition) is 3. The van der Waals surface area contributed by atoms with Crippen molar-refractivity contribution in [2.45, 2.75) is 58.5 Å². The third-order valence-corrected chi connectivity index (χ3v) is 6.65. The Kier molecular flexibility index (Phi) is 8.31. The van der Waals surface area contributed by atoms with Crippen LogP contribution >= 0.6 is 0 Å².